The molecule has 1 atom stereocenters. The Morgan fingerprint density at radius 1 is 1.33 bits per heavy atom. The highest BCUT2D eigenvalue weighted by molar-refractivity contribution is 8.13. The van der Waals surface area contributed by atoms with Gasteiger partial charge in [0.1, 0.15) is 0 Å². The zero-order valence-electron chi connectivity index (χ0n) is 9.70. The maximum absolute atomic E-state index is 10.9. The van der Waals surface area contributed by atoms with E-state index in [0.29, 0.717) is 19.1 Å². The molecule has 0 rings (SSSR count). The normalized spacial score (nSPS) is 14.5. The van der Waals surface area contributed by atoms with Crippen molar-refractivity contribution < 1.29 is 13.2 Å². The van der Waals surface area contributed by atoms with Crippen molar-refractivity contribution in [2.75, 3.05) is 19.0 Å². The Morgan fingerprint density at radius 3 is 2.33 bits per heavy atom. The molecule has 0 aliphatic heterocycles. The molecule has 0 aliphatic carbocycles. The zero-order valence-corrected chi connectivity index (χ0v) is 11.3. The summed E-state index contributed by atoms with van der Waals surface area (Å²) < 4.78 is 27.1. The molecule has 0 aromatic heterocycles. The third-order valence-electron chi connectivity index (χ3n) is 2.21. The summed E-state index contributed by atoms with van der Waals surface area (Å²) in [6.45, 7) is 7.37. The molecule has 0 saturated heterocycles. The fourth-order valence-electron chi connectivity index (χ4n) is 1.13. The van der Waals surface area contributed by atoms with Crippen molar-refractivity contribution in [1.82, 2.24) is 0 Å². The summed E-state index contributed by atoms with van der Waals surface area (Å²) in [5.41, 5.74) is 0. The van der Waals surface area contributed by atoms with Crippen LogP contribution in [0.1, 0.15) is 33.6 Å². The molecule has 3 nitrogen and oxygen atoms in total. The van der Waals surface area contributed by atoms with E-state index in [0.717, 1.165) is 12.8 Å². The molecule has 0 aliphatic rings. The predicted molar refractivity (Wildman–Crippen MR) is 63.7 cm³/mol. The minimum atomic E-state index is -3.40. The van der Waals surface area contributed by atoms with Gasteiger partial charge in [-0.25, -0.2) is 8.42 Å². The van der Waals surface area contributed by atoms with Crippen LogP contribution in [0.2, 0.25) is 0 Å². The lowest BCUT2D eigenvalue weighted by molar-refractivity contribution is 0.0958. The maximum Gasteiger partial charge on any atom is 0.232 e. The molecule has 92 valence electrons. The summed E-state index contributed by atoms with van der Waals surface area (Å²) >= 11 is 0. The third kappa shape index (κ3) is 10.5. The van der Waals surface area contributed by atoms with Gasteiger partial charge >= 0.3 is 0 Å². The van der Waals surface area contributed by atoms with Crippen LogP contribution in [0, 0.1) is 11.8 Å². The van der Waals surface area contributed by atoms with Crippen LogP contribution in [0.3, 0.4) is 0 Å². The monoisotopic (exact) mass is 256 g/mol. The molecule has 0 heterocycles. The van der Waals surface area contributed by atoms with Crippen molar-refractivity contribution in [1.29, 1.82) is 0 Å². The second-order valence-corrected chi connectivity index (χ2v) is 7.06. The summed E-state index contributed by atoms with van der Waals surface area (Å²) in [5, 5.41) is 0. The van der Waals surface area contributed by atoms with E-state index in [1.54, 1.807) is 0 Å². The molecule has 1 unspecified atom stereocenters. The molecule has 0 spiro atoms. The largest absolute Gasteiger partial charge is 0.381 e. The smallest absolute Gasteiger partial charge is 0.232 e. The molecule has 0 saturated carbocycles. The van der Waals surface area contributed by atoms with Gasteiger partial charge in [0.15, 0.2) is 0 Å². The van der Waals surface area contributed by atoms with Crippen LogP contribution in [0.25, 0.3) is 0 Å². The van der Waals surface area contributed by atoms with Crippen molar-refractivity contribution in [3.05, 3.63) is 0 Å². The van der Waals surface area contributed by atoms with Gasteiger partial charge in [0.2, 0.25) is 9.05 Å². The molecular formula is C10H21ClO3S. The lowest BCUT2D eigenvalue weighted by Crippen LogP contribution is -2.18. The number of ether oxygens (including phenoxy) is 1. The molecule has 0 bridgehead atoms. The SMILES string of the molecule is CCC(COCCC(C)C)CS(=O)(=O)Cl. The highest BCUT2D eigenvalue weighted by Crippen LogP contribution is 2.11. The summed E-state index contributed by atoms with van der Waals surface area (Å²) in [5.74, 6) is 0.633. The van der Waals surface area contributed by atoms with Gasteiger partial charge in [-0.3, -0.25) is 0 Å². The van der Waals surface area contributed by atoms with Gasteiger partial charge in [-0.2, -0.15) is 0 Å². The Balaban J connectivity index is 3.72. The van der Waals surface area contributed by atoms with E-state index in [1.807, 2.05) is 6.92 Å². The van der Waals surface area contributed by atoms with E-state index in [-0.39, 0.29) is 11.7 Å². The first-order valence-electron chi connectivity index (χ1n) is 5.35. The Kier molecular flexibility index (Phi) is 7.57. The van der Waals surface area contributed by atoms with Crippen LogP contribution < -0.4 is 0 Å². The van der Waals surface area contributed by atoms with Crippen LogP contribution in [0.4, 0.5) is 0 Å². The van der Waals surface area contributed by atoms with Crippen molar-refractivity contribution in [2.45, 2.75) is 33.6 Å². The molecule has 0 N–H and O–H groups in total. The van der Waals surface area contributed by atoms with Gasteiger partial charge < -0.3 is 4.74 Å². The van der Waals surface area contributed by atoms with Gasteiger partial charge in [0, 0.05) is 17.3 Å². The van der Waals surface area contributed by atoms with Crippen LogP contribution in [-0.2, 0) is 13.8 Å². The summed E-state index contributed by atoms with van der Waals surface area (Å²) in [4.78, 5) is 0. The minimum absolute atomic E-state index is 0.00668. The van der Waals surface area contributed by atoms with Gasteiger partial charge in [0.25, 0.3) is 0 Å². The van der Waals surface area contributed by atoms with Gasteiger partial charge in [-0.05, 0) is 18.3 Å². The number of rotatable bonds is 8. The van der Waals surface area contributed by atoms with Crippen LogP contribution in [-0.4, -0.2) is 27.4 Å². The Morgan fingerprint density at radius 2 is 1.93 bits per heavy atom. The topological polar surface area (TPSA) is 43.4 Å². The van der Waals surface area contributed by atoms with E-state index < -0.39 is 9.05 Å². The van der Waals surface area contributed by atoms with Gasteiger partial charge in [-0.1, -0.05) is 27.2 Å². The maximum atomic E-state index is 10.9. The molecule has 15 heavy (non-hydrogen) atoms. The lowest BCUT2D eigenvalue weighted by Gasteiger charge is -2.13. The molecule has 0 aromatic carbocycles. The number of halogens is 1. The Hall–Kier alpha value is 0.200. The van der Waals surface area contributed by atoms with Crippen LogP contribution in [0.15, 0.2) is 0 Å². The van der Waals surface area contributed by atoms with Crippen molar-refractivity contribution in [3.8, 4) is 0 Å². The molecular weight excluding hydrogens is 236 g/mol. The van der Waals surface area contributed by atoms with E-state index in [2.05, 4.69) is 13.8 Å². The summed E-state index contributed by atoms with van der Waals surface area (Å²) in [6.07, 6.45) is 1.78. The second-order valence-electron chi connectivity index (χ2n) is 4.24. The molecule has 5 heteroatoms. The van der Waals surface area contributed by atoms with Gasteiger partial charge in [-0.15, -0.1) is 0 Å². The highest BCUT2D eigenvalue weighted by Gasteiger charge is 2.15. The minimum Gasteiger partial charge on any atom is -0.381 e. The third-order valence-corrected chi connectivity index (χ3v) is 3.45. The average Bonchev–Trinajstić information content (AvgIpc) is 2.08. The van der Waals surface area contributed by atoms with E-state index >= 15 is 0 Å². The Bertz CT molecular complexity index is 249. The second kappa shape index (κ2) is 7.47. The standard InChI is InChI=1S/C10H21ClO3S/c1-4-10(8-15(11,12)13)7-14-6-5-9(2)3/h9-10H,4-8H2,1-3H3. The van der Waals surface area contributed by atoms with Crippen molar-refractivity contribution in [2.24, 2.45) is 11.8 Å². The van der Waals surface area contributed by atoms with Crippen LogP contribution >= 0.6 is 10.7 Å². The van der Waals surface area contributed by atoms with E-state index in [4.69, 9.17) is 15.4 Å². The quantitative estimate of drug-likeness (QED) is 0.495. The summed E-state index contributed by atoms with van der Waals surface area (Å²) in [6, 6.07) is 0. The predicted octanol–water partition coefficient (Wildman–Crippen LogP) is 2.64. The fraction of sp³-hybridized carbons (Fsp3) is 1.00. The molecule has 0 amide bonds. The van der Waals surface area contributed by atoms with Crippen molar-refractivity contribution >= 4 is 19.7 Å². The van der Waals surface area contributed by atoms with Crippen molar-refractivity contribution in [3.63, 3.8) is 0 Å². The van der Waals surface area contributed by atoms with Gasteiger partial charge in [0.05, 0.1) is 12.4 Å². The Labute approximate surface area is 97.6 Å². The number of hydrogen-bond donors (Lipinski definition) is 0. The average molecular weight is 257 g/mol. The molecule has 0 aromatic rings. The first-order chi connectivity index (χ1) is 6.85. The van der Waals surface area contributed by atoms with Crippen LogP contribution in [0.5, 0.6) is 0 Å². The summed E-state index contributed by atoms with van der Waals surface area (Å²) in [7, 11) is 1.79. The fourth-order valence-corrected chi connectivity index (χ4v) is 2.56. The first-order valence-corrected chi connectivity index (χ1v) is 7.83. The lowest BCUT2D eigenvalue weighted by atomic mass is 10.1. The highest BCUT2D eigenvalue weighted by atomic mass is 35.7. The molecule has 0 radical (unpaired) electrons. The van der Waals surface area contributed by atoms with E-state index in [9.17, 15) is 8.42 Å². The first kappa shape index (κ1) is 15.2. The molecule has 0 fully saturated rings. The zero-order chi connectivity index (χ0) is 11.9. The number of hydrogen-bond acceptors (Lipinski definition) is 3. The van der Waals surface area contributed by atoms with E-state index in [1.165, 1.54) is 0 Å².